The number of hydrogen-bond donors (Lipinski definition) is 2. The van der Waals surface area contributed by atoms with Gasteiger partial charge in [0.15, 0.2) is 0 Å². The quantitative estimate of drug-likeness (QED) is 0.840. The van der Waals surface area contributed by atoms with E-state index in [2.05, 4.69) is 5.32 Å². The second kappa shape index (κ2) is 6.11. The number of rotatable bonds is 4. The number of hydrogen-bond acceptors (Lipinski definition) is 2. The number of carboxylic acid groups (broad SMARTS) is 1. The van der Waals surface area contributed by atoms with E-state index in [9.17, 15) is 27.2 Å². The van der Waals surface area contributed by atoms with Crippen molar-refractivity contribution >= 4 is 17.6 Å². The standard InChI is InChI=1S/C13H13F4NO3/c1-6(7(2)12(20)21)11(19)18-8-3-4-10(14)9(5-8)13(15,16)17/h3-7H,1-2H3,(H,18,19)(H,20,21). The van der Waals surface area contributed by atoms with Crippen LogP contribution < -0.4 is 5.32 Å². The fraction of sp³-hybridized carbons (Fsp3) is 0.385. The van der Waals surface area contributed by atoms with E-state index in [4.69, 9.17) is 5.11 Å². The minimum Gasteiger partial charge on any atom is -0.481 e. The molecule has 0 saturated carbocycles. The highest BCUT2D eigenvalue weighted by atomic mass is 19.4. The van der Waals surface area contributed by atoms with Gasteiger partial charge in [0.05, 0.1) is 11.5 Å². The minimum atomic E-state index is -4.88. The van der Waals surface area contributed by atoms with Gasteiger partial charge in [0.2, 0.25) is 5.91 Å². The number of aliphatic carboxylic acids is 1. The van der Waals surface area contributed by atoms with Crippen LogP contribution in [0.2, 0.25) is 0 Å². The molecule has 116 valence electrons. The Bertz CT molecular complexity index is 557. The number of anilines is 1. The van der Waals surface area contributed by atoms with Gasteiger partial charge in [0.25, 0.3) is 0 Å². The molecular formula is C13H13F4NO3. The van der Waals surface area contributed by atoms with Crippen molar-refractivity contribution < 1.29 is 32.3 Å². The minimum absolute atomic E-state index is 0.252. The van der Waals surface area contributed by atoms with Crippen LogP contribution >= 0.6 is 0 Å². The predicted octanol–water partition coefficient (Wildman–Crippen LogP) is 3.14. The number of halogens is 4. The SMILES string of the molecule is CC(C(=O)O)C(C)C(=O)Nc1ccc(F)c(C(F)(F)F)c1. The summed E-state index contributed by atoms with van der Waals surface area (Å²) in [5, 5.41) is 10.9. The first-order valence-corrected chi connectivity index (χ1v) is 5.94. The molecule has 2 atom stereocenters. The third-order valence-electron chi connectivity index (χ3n) is 3.09. The van der Waals surface area contributed by atoms with Crippen LogP contribution in [0.25, 0.3) is 0 Å². The molecule has 21 heavy (non-hydrogen) atoms. The van der Waals surface area contributed by atoms with Crippen molar-refractivity contribution in [3.8, 4) is 0 Å². The van der Waals surface area contributed by atoms with E-state index in [1.54, 1.807) is 0 Å². The predicted molar refractivity (Wildman–Crippen MR) is 66.0 cm³/mol. The number of nitrogens with one attached hydrogen (secondary N) is 1. The zero-order valence-corrected chi connectivity index (χ0v) is 11.2. The molecule has 0 bridgehead atoms. The van der Waals surface area contributed by atoms with Crippen molar-refractivity contribution in [3.05, 3.63) is 29.6 Å². The maximum Gasteiger partial charge on any atom is 0.419 e. The van der Waals surface area contributed by atoms with E-state index < -0.39 is 41.3 Å². The smallest absolute Gasteiger partial charge is 0.419 e. The van der Waals surface area contributed by atoms with Gasteiger partial charge in [0, 0.05) is 11.6 Å². The van der Waals surface area contributed by atoms with Crippen molar-refractivity contribution in [2.45, 2.75) is 20.0 Å². The molecular weight excluding hydrogens is 294 g/mol. The average Bonchev–Trinajstić information content (AvgIpc) is 2.37. The van der Waals surface area contributed by atoms with Gasteiger partial charge in [-0.3, -0.25) is 9.59 Å². The van der Waals surface area contributed by atoms with Gasteiger partial charge in [-0.05, 0) is 18.2 Å². The fourth-order valence-corrected chi connectivity index (χ4v) is 1.52. The molecule has 0 aromatic heterocycles. The Morgan fingerprint density at radius 1 is 1.19 bits per heavy atom. The van der Waals surface area contributed by atoms with Gasteiger partial charge in [0.1, 0.15) is 5.82 Å². The Labute approximate surface area is 117 Å². The van der Waals surface area contributed by atoms with Crippen LogP contribution in [0, 0.1) is 17.7 Å². The van der Waals surface area contributed by atoms with Gasteiger partial charge in [-0.2, -0.15) is 13.2 Å². The fourth-order valence-electron chi connectivity index (χ4n) is 1.52. The van der Waals surface area contributed by atoms with Crippen molar-refractivity contribution in [1.29, 1.82) is 0 Å². The summed E-state index contributed by atoms with van der Waals surface area (Å²) < 4.78 is 50.7. The van der Waals surface area contributed by atoms with Gasteiger partial charge in [-0.1, -0.05) is 13.8 Å². The molecule has 1 rings (SSSR count). The number of carboxylic acids is 1. The van der Waals surface area contributed by atoms with Crippen LogP contribution in [0.5, 0.6) is 0 Å². The highest BCUT2D eigenvalue weighted by Crippen LogP contribution is 2.33. The second-order valence-corrected chi connectivity index (χ2v) is 4.60. The number of carbonyl (C=O) groups excluding carboxylic acids is 1. The molecule has 0 radical (unpaired) electrons. The molecule has 0 saturated heterocycles. The van der Waals surface area contributed by atoms with Crippen molar-refractivity contribution in [2.24, 2.45) is 11.8 Å². The molecule has 8 heteroatoms. The van der Waals surface area contributed by atoms with Crippen molar-refractivity contribution in [3.63, 3.8) is 0 Å². The summed E-state index contributed by atoms with van der Waals surface area (Å²) in [4.78, 5) is 22.5. The van der Waals surface area contributed by atoms with Crippen LogP contribution in [0.15, 0.2) is 18.2 Å². The monoisotopic (exact) mass is 307 g/mol. The molecule has 0 aliphatic carbocycles. The van der Waals surface area contributed by atoms with E-state index in [0.29, 0.717) is 12.1 Å². The number of amides is 1. The van der Waals surface area contributed by atoms with Crippen molar-refractivity contribution in [1.82, 2.24) is 0 Å². The molecule has 2 N–H and O–H groups in total. The Balaban J connectivity index is 2.94. The molecule has 0 aliphatic heterocycles. The molecule has 0 spiro atoms. The lowest BCUT2D eigenvalue weighted by Gasteiger charge is -2.16. The Morgan fingerprint density at radius 3 is 2.24 bits per heavy atom. The molecule has 0 fully saturated rings. The Kier molecular flexibility index (Phi) is 4.93. The number of benzene rings is 1. The molecule has 4 nitrogen and oxygen atoms in total. The van der Waals surface area contributed by atoms with Gasteiger partial charge in [-0.15, -0.1) is 0 Å². The normalized spacial score (nSPS) is 14.4. The first kappa shape index (κ1) is 16.9. The molecule has 1 amide bonds. The first-order valence-electron chi connectivity index (χ1n) is 5.94. The topological polar surface area (TPSA) is 66.4 Å². The summed E-state index contributed by atoms with van der Waals surface area (Å²) in [5.74, 6) is -5.38. The summed E-state index contributed by atoms with van der Waals surface area (Å²) in [6.07, 6.45) is -4.88. The first-order chi connectivity index (χ1) is 9.54. The third-order valence-corrected chi connectivity index (χ3v) is 3.09. The van der Waals surface area contributed by atoms with Crippen molar-refractivity contribution in [2.75, 3.05) is 5.32 Å². The van der Waals surface area contributed by atoms with E-state index in [1.807, 2.05) is 0 Å². The Hall–Kier alpha value is -2.12. The van der Waals surface area contributed by atoms with Gasteiger partial charge in [-0.25, -0.2) is 4.39 Å². The molecule has 2 unspecified atom stereocenters. The summed E-state index contributed by atoms with van der Waals surface area (Å²) in [6.45, 7) is 2.64. The van der Waals surface area contributed by atoms with Crippen LogP contribution in [-0.2, 0) is 15.8 Å². The van der Waals surface area contributed by atoms with Crippen LogP contribution in [0.1, 0.15) is 19.4 Å². The van der Waals surface area contributed by atoms with Crippen LogP contribution in [0.3, 0.4) is 0 Å². The lowest BCUT2D eigenvalue weighted by atomic mass is 9.95. The zero-order chi connectivity index (χ0) is 16.4. The van der Waals surface area contributed by atoms with E-state index >= 15 is 0 Å². The molecule has 0 heterocycles. The summed E-state index contributed by atoms with van der Waals surface area (Å²) >= 11 is 0. The van der Waals surface area contributed by atoms with Crippen LogP contribution in [-0.4, -0.2) is 17.0 Å². The van der Waals surface area contributed by atoms with Gasteiger partial charge < -0.3 is 10.4 Å². The second-order valence-electron chi connectivity index (χ2n) is 4.60. The largest absolute Gasteiger partial charge is 0.481 e. The Morgan fingerprint density at radius 2 is 1.76 bits per heavy atom. The maximum absolute atomic E-state index is 13.1. The zero-order valence-electron chi connectivity index (χ0n) is 11.2. The maximum atomic E-state index is 13.1. The van der Waals surface area contributed by atoms with E-state index in [1.165, 1.54) is 13.8 Å². The molecule has 1 aromatic rings. The third kappa shape index (κ3) is 4.17. The number of carbonyl (C=O) groups is 2. The van der Waals surface area contributed by atoms with Crippen LogP contribution in [0.4, 0.5) is 23.2 Å². The highest BCUT2D eigenvalue weighted by Gasteiger charge is 2.34. The number of alkyl halides is 3. The molecule has 0 aliphatic rings. The summed E-state index contributed by atoms with van der Waals surface area (Å²) in [7, 11) is 0. The summed E-state index contributed by atoms with van der Waals surface area (Å²) in [6, 6.07) is 2.02. The molecule has 1 aromatic carbocycles. The summed E-state index contributed by atoms with van der Waals surface area (Å²) in [5.41, 5.74) is -1.75. The highest BCUT2D eigenvalue weighted by molar-refractivity contribution is 5.94. The van der Waals surface area contributed by atoms with E-state index in [0.717, 1.165) is 6.07 Å². The lowest BCUT2D eigenvalue weighted by molar-refractivity contribution is -0.145. The van der Waals surface area contributed by atoms with E-state index in [-0.39, 0.29) is 5.69 Å². The van der Waals surface area contributed by atoms with Gasteiger partial charge >= 0.3 is 12.1 Å². The average molecular weight is 307 g/mol. The lowest BCUT2D eigenvalue weighted by Crippen LogP contribution is -2.30.